The Morgan fingerprint density at radius 2 is 0.860 bits per heavy atom. The van der Waals surface area contributed by atoms with Crippen LogP contribution in [-0.4, -0.2) is 96.3 Å². The van der Waals surface area contributed by atoms with Crippen LogP contribution in [0.25, 0.3) is 0 Å². The van der Waals surface area contributed by atoms with Crippen molar-refractivity contribution in [2.45, 2.75) is 109 Å². The number of phenols is 1. The number of hydrogen-bond acceptors (Lipinski definition) is 13. The molecule has 22 nitrogen and oxygen atoms in total. The minimum atomic E-state index is -1.45. The van der Waals surface area contributed by atoms with Gasteiger partial charge in [-0.1, -0.05) is 152 Å². The van der Waals surface area contributed by atoms with Crippen LogP contribution in [0.5, 0.6) is 5.75 Å². The number of hydrogen-bond donors (Lipinski definition) is 9. The molecule has 4 atom stereocenters. The van der Waals surface area contributed by atoms with Gasteiger partial charge in [0.15, 0.2) is 0 Å². The number of ether oxygens (including phenoxy) is 4. The molecule has 0 saturated carbocycles. The predicted molar refractivity (Wildman–Crippen MR) is 320 cm³/mol. The lowest BCUT2D eigenvalue weighted by Crippen LogP contribution is -2.58. The molecule has 1 unspecified atom stereocenters. The number of aromatic hydroxyl groups is 1. The molecule has 6 aromatic carbocycles. The maximum absolute atomic E-state index is 14.9. The number of benzene rings is 6. The van der Waals surface area contributed by atoms with Gasteiger partial charge in [0.2, 0.25) is 29.6 Å². The maximum atomic E-state index is 14.9. The Kier molecular flexibility index (Phi) is 26.4. The van der Waals surface area contributed by atoms with Crippen LogP contribution in [0.3, 0.4) is 0 Å². The van der Waals surface area contributed by atoms with Gasteiger partial charge < -0.3 is 61.7 Å². The second-order valence-corrected chi connectivity index (χ2v) is 20.0. The summed E-state index contributed by atoms with van der Waals surface area (Å²) in [6.45, 7) is 3.20. The zero-order valence-corrected chi connectivity index (χ0v) is 48.0. The molecule has 0 aliphatic rings. The summed E-state index contributed by atoms with van der Waals surface area (Å²) in [5.41, 5.74) is 11.1. The summed E-state index contributed by atoms with van der Waals surface area (Å²) in [7, 11) is 0. The Morgan fingerprint density at radius 1 is 0.453 bits per heavy atom. The number of carbonyl (C=O) groups excluding carboxylic acids is 8. The first-order valence-electron chi connectivity index (χ1n) is 28.0. The first-order valence-corrected chi connectivity index (χ1v) is 28.0. The number of unbranched alkanes of at least 4 members (excludes halogenated alkanes) is 1. The molecule has 0 bridgehead atoms. The summed E-state index contributed by atoms with van der Waals surface area (Å²) in [5, 5.41) is 29.3. The van der Waals surface area contributed by atoms with Crippen molar-refractivity contribution in [2.24, 2.45) is 10.7 Å². The average molecular weight is 1180 g/mol. The van der Waals surface area contributed by atoms with E-state index in [9.17, 15) is 43.5 Å². The smallest absolute Gasteiger partial charge is 0.437 e. The highest BCUT2D eigenvalue weighted by atomic mass is 16.6. The van der Waals surface area contributed by atoms with E-state index in [1.165, 1.54) is 12.1 Å². The van der Waals surface area contributed by atoms with E-state index >= 15 is 0 Å². The average Bonchev–Trinajstić information content (AvgIpc) is 3.63. The summed E-state index contributed by atoms with van der Waals surface area (Å²) in [6, 6.07) is 42.2. The molecule has 10 N–H and O–H groups in total. The fourth-order valence-corrected chi connectivity index (χ4v) is 8.80. The van der Waals surface area contributed by atoms with Crippen molar-refractivity contribution in [3.63, 3.8) is 0 Å². The van der Waals surface area contributed by atoms with E-state index in [1.54, 1.807) is 129 Å². The van der Waals surface area contributed by atoms with Crippen LogP contribution in [0.2, 0.25) is 0 Å². The third-order valence-electron chi connectivity index (χ3n) is 13.3. The molecule has 8 amide bonds. The molecule has 6 rings (SSSR count). The second-order valence-electron chi connectivity index (χ2n) is 20.0. The first-order chi connectivity index (χ1) is 41.6. The lowest BCUT2D eigenvalue weighted by atomic mass is 9.95. The minimum Gasteiger partial charge on any atom is -0.508 e. The summed E-state index contributed by atoms with van der Waals surface area (Å²) < 4.78 is 21.5. The Balaban J connectivity index is 1.21. The van der Waals surface area contributed by atoms with Gasteiger partial charge in [-0.2, -0.15) is 0 Å². The van der Waals surface area contributed by atoms with Gasteiger partial charge >= 0.3 is 24.4 Å². The molecule has 0 aliphatic carbocycles. The lowest BCUT2D eigenvalue weighted by Gasteiger charge is -2.27. The van der Waals surface area contributed by atoms with E-state index in [0.29, 0.717) is 45.4 Å². The number of aliphatic imine (C=N–C) groups is 1. The van der Waals surface area contributed by atoms with Crippen molar-refractivity contribution in [3.8, 4) is 5.75 Å². The number of aryl methyl sites for hydroxylation is 2. The third kappa shape index (κ3) is 23.5. The summed E-state index contributed by atoms with van der Waals surface area (Å²) >= 11 is 0. The van der Waals surface area contributed by atoms with Crippen molar-refractivity contribution < 1.29 is 62.4 Å². The second kappa shape index (κ2) is 35.0. The molecule has 22 heteroatoms. The van der Waals surface area contributed by atoms with Gasteiger partial charge in [-0.05, 0) is 103 Å². The van der Waals surface area contributed by atoms with E-state index in [0.717, 1.165) is 5.56 Å². The molecule has 0 aromatic heterocycles. The highest BCUT2D eigenvalue weighted by molar-refractivity contribution is 5.99. The highest BCUT2D eigenvalue weighted by Gasteiger charge is 2.32. The van der Waals surface area contributed by atoms with Crippen molar-refractivity contribution in [1.82, 2.24) is 37.2 Å². The fraction of sp³-hybridized carbons (Fsp3) is 0.297. The molecule has 86 heavy (non-hydrogen) atoms. The molecular formula is C64H73N9O13. The number of alkyl carbamates (subject to hydrolysis) is 3. The van der Waals surface area contributed by atoms with Crippen LogP contribution in [0, 0.1) is 13.8 Å². The SMILES string of the molecule is Cc1cc(O)cc(C)c1C[C@H](NC(=O)C(CCCN/C(=N\C(=O)OCc1ccccc1)NC(=O)OCc1ccccc1)NC(=O)OCc1ccccc1)C(=O)N[C@@H](CCCCNC(=O)OCc1ccccc1)C(=O)N[C@@H](Cc1ccccc1)C(N)=O. The quantitative estimate of drug-likeness (QED) is 0.00978. The monoisotopic (exact) mass is 1180 g/mol. The van der Waals surface area contributed by atoms with Crippen LogP contribution in [0.4, 0.5) is 19.2 Å². The fourth-order valence-electron chi connectivity index (χ4n) is 8.80. The van der Waals surface area contributed by atoms with Crippen molar-refractivity contribution in [1.29, 1.82) is 0 Å². The summed E-state index contributed by atoms with van der Waals surface area (Å²) in [5.74, 6) is -3.63. The van der Waals surface area contributed by atoms with E-state index in [4.69, 9.17) is 24.7 Å². The zero-order chi connectivity index (χ0) is 61.5. The van der Waals surface area contributed by atoms with E-state index < -0.39 is 72.2 Å². The van der Waals surface area contributed by atoms with Gasteiger partial charge in [0.1, 0.15) is 56.3 Å². The number of rotatable bonds is 29. The molecule has 0 aliphatic heterocycles. The number of nitrogens with two attached hydrogens (primary N) is 1. The Hall–Kier alpha value is -10.3. The molecular weight excluding hydrogens is 1100 g/mol. The van der Waals surface area contributed by atoms with Gasteiger partial charge in [-0.15, -0.1) is 4.99 Å². The largest absolute Gasteiger partial charge is 0.508 e. The molecule has 0 spiro atoms. The summed E-state index contributed by atoms with van der Waals surface area (Å²) in [6.07, 6.45) is -3.25. The van der Waals surface area contributed by atoms with Crippen LogP contribution in [0.15, 0.2) is 169 Å². The van der Waals surface area contributed by atoms with Crippen molar-refractivity contribution >= 4 is 54.0 Å². The zero-order valence-electron chi connectivity index (χ0n) is 48.0. The normalized spacial score (nSPS) is 12.3. The number of guanidine groups is 1. The maximum Gasteiger partial charge on any atom is 0.437 e. The molecule has 6 aromatic rings. The van der Waals surface area contributed by atoms with Crippen LogP contribution < -0.4 is 43.0 Å². The number of nitrogens with zero attached hydrogens (tertiary/aromatic N) is 1. The standard InChI is InChI=1S/C64H73N9O13/c1-43-35-50(74)36-44(2)51(43)38-55(59(78)68-52(57(76)69-54(56(65)75)37-45-21-8-3-9-22-45)31-18-19-33-67-61(79)83-39-46-23-10-4-11-24-46)70-58(77)53(71-62(80)84-40-47-25-12-5-13-26-47)32-20-34-66-60(72-63(81)85-41-48-27-14-6-15-28-48)73-64(82)86-42-49-29-16-7-17-30-49/h3-17,21-30,35-36,52-55,74H,18-20,31-34,37-42H2,1-2H3,(H2,65,75)(H,67,79)(H,68,78)(H,69,76)(H,70,77)(H,71,80)(H2,66,72,73,81,82)/t52-,53?,54-,55-/m0/s1. The van der Waals surface area contributed by atoms with Crippen LogP contribution in [0.1, 0.15) is 76.6 Å². The number of nitrogens with one attached hydrogen (secondary N) is 7. The van der Waals surface area contributed by atoms with Gasteiger partial charge in [0.25, 0.3) is 0 Å². The third-order valence-corrected chi connectivity index (χ3v) is 13.3. The topological polar surface area (TPSA) is 316 Å². The lowest BCUT2D eigenvalue weighted by molar-refractivity contribution is -0.133. The number of phenolic OH excluding ortho intramolecular Hbond substituents is 1. The Bertz CT molecular complexity index is 3170. The number of carbonyl (C=O) groups is 8. The molecule has 0 saturated heterocycles. The number of primary amides is 1. The van der Waals surface area contributed by atoms with Gasteiger partial charge in [-0.25, -0.2) is 19.2 Å². The first kappa shape index (κ1) is 64.9. The van der Waals surface area contributed by atoms with Crippen LogP contribution in [-0.2, 0) is 77.4 Å². The molecule has 452 valence electrons. The number of amides is 8. The van der Waals surface area contributed by atoms with Gasteiger partial charge in [0, 0.05) is 25.9 Å². The molecule has 0 heterocycles. The Morgan fingerprint density at radius 3 is 1.37 bits per heavy atom. The van der Waals surface area contributed by atoms with E-state index in [2.05, 4.69) is 42.2 Å². The van der Waals surface area contributed by atoms with Crippen molar-refractivity contribution in [2.75, 3.05) is 13.1 Å². The van der Waals surface area contributed by atoms with Crippen molar-refractivity contribution in [3.05, 3.63) is 208 Å². The van der Waals surface area contributed by atoms with Gasteiger partial charge in [0.05, 0.1) is 0 Å². The Labute approximate surface area is 499 Å². The molecule has 0 fully saturated rings. The van der Waals surface area contributed by atoms with E-state index in [1.807, 2.05) is 36.4 Å². The predicted octanol–water partition coefficient (Wildman–Crippen LogP) is 7.11. The van der Waals surface area contributed by atoms with Gasteiger partial charge in [-0.3, -0.25) is 24.5 Å². The summed E-state index contributed by atoms with van der Waals surface area (Å²) in [4.78, 5) is 113. The van der Waals surface area contributed by atoms with E-state index in [-0.39, 0.29) is 89.8 Å². The molecule has 0 radical (unpaired) electrons. The minimum absolute atomic E-state index is 0.00680. The highest BCUT2D eigenvalue weighted by Crippen LogP contribution is 2.23. The van der Waals surface area contributed by atoms with Crippen LogP contribution >= 0.6 is 0 Å².